The Kier molecular flexibility index (Phi) is 3.49. The van der Waals surface area contributed by atoms with Gasteiger partial charge >= 0.3 is 0 Å². The summed E-state index contributed by atoms with van der Waals surface area (Å²) < 4.78 is 1.92. The fourth-order valence-corrected chi connectivity index (χ4v) is 3.55. The number of benzene rings is 1. The Hall–Kier alpha value is -2.42. The number of rotatable bonds is 2. The van der Waals surface area contributed by atoms with Crippen LogP contribution in [0.3, 0.4) is 0 Å². The van der Waals surface area contributed by atoms with Crippen LogP contribution in [0, 0.1) is 5.92 Å². The molecule has 1 heterocycles. The molecule has 23 heavy (non-hydrogen) atoms. The van der Waals surface area contributed by atoms with Gasteiger partial charge in [-0.2, -0.15) is 5.10 Å². The first-order valence-electron chi connectivity index (χ1n) is 8.33. The Balaban J connectivity index is 1.93. The molecule has 0 radical (unpaired) electrons. The lowest BCUT2D eigenvalue weighted by Crippen LogP contribution is -2.18. The van der Waals surface area contributed by atoms with E-state index >= 15 is 0 Å². The molecule has 0 saturated heterocycles. The zero-order chi connectivity index (χ0) is 15.8. The summed E-state index contributed by atoms with van der Waals surface area (Å²) in [6.45, 7) is 2.19. The van der Waals surface area contributed by atoms with Crippen LogP contribution in [-0.4, -0.2) is 15.6 Å². The van der Waals surface area contributed by atoms with Gasteiger partial charge in [-0.15, -0.1) is 0 Å². The molecule has 3 heteroatoms. The van der Waals surface area contributed by atoms with E-state index in [1.54, 1.807) is 0 Å². The summed E-state index contributed by atoms with van der Waals surface area (Å²) in [6, 6.07) is 10.2. The summed E-state index contributed by atoms with van der Waals surface area (Å²) >= 11 is 0. The number of carbonyl (C=O) groups excluding carboxylic acids is 1. The van der Waals surface area contributed by atoms with Gasteiger partial charge in [0.2, 0.25) is 0 Å². The second-order valence-electron chi connectivity index (χ2n) is 6.39. The van der Waals surface area contributed by atoms with Crippen LogP contribution in [-0.2, 0) is 6.42 Å². The third-order valence-corrected chi connectivity index (χ3v) is 4.77. The SMILES string of the molecule is CC1CC=CC=C1n1nc(-c2ccccc2)c2c1C(=O)CCC2. The van der Waals surface area contributed by atoms with Crippen molar-refractivity contribution in [1.82, 2.24) is 9.78 Å². The van der Waals surface area contributed by atoms with Crippen molar-refractivity contribution in [3.63, 3.8) is 0 Å². The number of carbonyl (C=O) groups is 1. The van der Waals surface area contributed by atoms with E-state index in [4.69, 9.17) is 5.10 Å². The van der Waals surface area contributed by atoms with Crippen molar-refractivity contribution in [3.05, 3.63) is 59.8 Å². The molecule has 4 rings (SSSR count). The molecule has 1 unspecified atom stereocenters. The van der Waals surface area contributed by atoms with Gasteiger partial charge in [-0.3, -0.25) is 4.79 Å². The van der Waals surface area contributed by atoms with Crippen molar-refractivity contribution >= 4 is 11.5 Å². The van der Waals surface area contributed by atoms with E-state index in [9.17, 15) is 4.79 Å². The lowest BCUT2D eigenvalue weighted by molar-refractivity contribution is 0.0965. The van der Waals surface area contributed by atoms with Crippen molar-refractivity contribution in [2.45, 2.75) is 32.6 Å². The van der Waals surface area contributed by atoms with E-state index in [0.717, 1.165) is 47.5 Å². The highest BCUT2D eigenvalue weighted by molar-refractivity contribution is 5.99. The molecule has 2 aromatic rings. The van der Waals surface area contributed by atoms with Gasteiger partial charge in [0.05, 0.1) is 5.69 Å². The van der Waals surface area contributed by atoms with Crippen molar-refractivity contribution in [3.8, 4) is 11.3 Å². The second-order valence-corrected chi connectivity index (χ2v) is 6.39. The monoisotopic (exact) mass is 304 g/mol. The minimum Gasteiger partial charge on any atom is -0.292 e. The molecule has 0 bridgehead atoms. The number of ketones is 1. The van der Waals surface area contributed by atoms with Crippen LogP contribution in [0.25, 0.3) is 17.0 Å². The highest BCUT2D eigenvalue weighted by atomic mass is 16.1. The lowest BCUT2D eigenvalue weighted by atomic mass is 9.92. The van der Waals surface area contributed by atoms with Gasteiger partial charge in [0.25, 0.3) is 0 Å². The maximum Gasteiger partial charge on any atom is 0.181 e. The minimum atomic E-state index is 0.226. The summed E-state index contributed by atoms with van der Waals surface area (Å²) in [5.41, 5.74) is 5.12. The first kappa shape index (κ1) is 14.2. The lowest BCUT2D eigenvalue weighted by Gasteiger charge is -2.20. The predicted molar refractivity (Wildman–Crippen MR) is 92.1 cm³/mol. The summed E-state index contributed by atoms with van der Waals surface area (Å²) in [5.74, 6) is 0.603. The van der Waals surface area contributed by atoms with Gasteiger partial charge < -0.3 is 0 Å². The fourth-order valence-electron chi connectivity index (χ4n) is 3.55. The molecule has 0 spiro atoms. The third kappa shape index (κ3) is 2.37. The maximum atomic E-state index is 12.6. The molecule has 0 fully saturated rings. The Morgan fingerprint density at radius 3 is 2.78 bits per heavy atom. The molecule has 0 saturated carbocycles. The van der Waals surface area contributed by atoms with Crippen LogP contribution in [0.5, 0.6) is 0 Å². The zero-order valence-electron chi connectivity index (χ0n) is 13.3. The van der Waals surface area contributed by atoms with Gasteiger partial charge in [0.15, 0.2) is 5.78 Å². The Bertz CT molecular complexity index is 812. The number of hydrogen-bond acceptors (Lipinski definition) is 2. The number of Topliss-reactive ketones (excluding diaryl/α,β-unsaturated/α-hetero) is 1. The van der Waals surface area contributed by atoms with Crippen molar-refractivity contribution in [2.75, 3.05) is 0 Å². The Labute approximate surface area is 136 Å². The summed E-state index contributed by atoms with van der Waals surface area (Å²) in [7, 11) is 0. The Morgan fingerprint density at radius 1 is 1.17 bits per heavy atom. The van der Waals surface area contributed by atoms with Crippen molar-refractivity contribution in [2.24, 2.45) is 5.92 Å². The number of allylic oxidation sites excluding steroid dienone is 4. The van der Waals surface area contributed by atoms with Gasteiger partial charge in [-0.25, -0.2) is 4.68 Å². The number of fused-ring (bicyclic) bond motifs is 1. The van der Waals surface area contributed by atoms with Gasteiger partial charge in [-0.05, 0) is 25.3 Å². The predicted octanol–water partition coefficient (Wildman–Crippen LogP) is 4.51. The van der Waals surface area contributed by atoms with Crippen LogP contribution in [0.1, 0.15) is 42.2 Å². The molecular formula is C20H20N2O. The standard InChI is InChI=1S/C20H20N2O/c1-14-8-5-6-12-17(14)22-20-16(11-7-13-18(20)23)19(21-22)15-9-3-2-4-10-15/h2-6,9-10,12,14H,7-8,11,13H2,1H3. The molecule has 1 atom stereocenters. The van der Waals surface area contributed by atoms with Crippen molar-refractivity contribution < 1.29 is 4.79 Å². The second kappa shape index (κ2) is 5.65. The topological polar surface area (TPSA) is 34.9 Å². The number of aromatic nitrogens is 2. The number of hydrogen-bond donors (Lipinski definition) is 0. The van der Waals surface area contributed by atoms with Crippen LogP contribution >= 0.6 is 0 Å². The molecule has 2 aliphatic carbocycles. The first-order valence-corrected chi connectivity index (χ1v) is 8.33. The van der Waals surface area contributed by atoms with Gasteiger partial charge in [0.1, 0.15) is 5.69 Å². The largest absolute Gasteiger partial charge is 0.292 e. The van der Waals surface area contributed by atoms with Crippen molar-refractivity contribution in [1.29, 1.82) is 0 Å². The molecule has 1 aromatic heterocycles. The van der Waals surface area contributed by atoms with Crippen LogP contribution in [0.4, 0.5) is 0 Å². The highest BCUT2D eigenvalue weighted by Gasteiger charge is 2.29. The molecule has 2 aliphatic rings. The van der Waals surface area contributed by atoms with E-state index in [1.165, 1.54) is 0 Å². The third-order valence-electron chi connectivity index (χ3n) is 4.77. The normalized spacial score (nSPS) is 20.3. The van der Waals surface area contributed by atoms with Gasteiger partial charge in [-0.1, -0.05) is 49.4 Å². The van der Waals surface area contributed by atoms with E-state index in [0.29, 0.717) is 12.3 Å². The molecular weight excluding hydrogens is 284 g/mol. The van der Waals surface area contributed by atoms with E-state index in [1.807, 2.05) is 22.9 Å². The van der Waals surface area contributed by atoms with Gasteiger partial charge in [0, 0.05) is 29.2 Å². The molecule has 116 valence electrons. The van der Waals surface area contributed by atoms with E-state index in [2.05, 4.69) is 37.3 Å². The average Bonchev–Trinajstić information content (AvgIpc) is 2.97. The fraction of sp³-hybridized carbons (Fsp3) is 0.300. The number of nitrogens with zero attached hydrogens (tertiary/aromatic N) is 2. The molecule has 3 nitrogen and oxygen atoms in total. The summed E-state index contributed by atoms with van der Waals surface area (Å²) in [4.78, 5) is 12.6. The van der Waals surface area contributed by atoms with E-state index in [-0.39, 0.29) is 5.78 Å². The zero-order valence-corrected chi connectivity index (χ0v) is 13.3. The molecule has 0 amide bonds. The summed E-state index contributed by atoms with van der Waals surface area (Å²) in [5, 5.41) is 4.88. The molecule has 0 aliphatic heterocycles. The van der Waals surface area contributed by atoms with Crippen LogP contribution in [0.2, 0.25) is 0 Å². The highest BCUT2D eigenvalue weighted by Crippen LogP contribution is 2.35. The average molecular weight is 304 g/mol. The van der Waals surface area contributed by atoms with Crippen LogP contribution < -0.4 is 0 Å². The summed E-state index contributed by atoms with van der Waals surface area (Å²) in [6.07, 6.45) is 9.81. The first-order chi connectivity index (χ1) is 11.3. The van der Waals surface area contributed by atoms with Crippen LogP contribution in [0.15, 0.2) is 48.6 Å². The minimum absolute atomic E-state index is 0.226. The molecule has 1 aromatic carbocycles. The smallest absolute Gasteiger partial charge is 0.181 e. The maximum absolute atomic E-state index is 12.6. The van der Waals surface area contributed by atoms with E-state index < -0.39 is 0 Å². The molecule has 0 N–H and O–H groups in total. The quantitative estimate of drug-likeness (QED) is 0.818. The Morgan fingerprint density at radius 2 is 2.00 bits per heavy atom.